The molecule has 3 nitrogen and oxygen atoms in total. The Morgan fingerprint density at radius 2 is 1.92 bits per heavy atom. The number of hydrogen-bond donors (Lipinski definition) is 0. The minimum Gasteiger partial charge on any atom is -0.382 e. The number of nitrogens with zero attached hydrogens (tertiary/aromatic N) is 2. The van der Waals surface area contributed by atoms with Crippen LogP contribution in [0.4, 0.5) is 0 Å². The van der Waals surface area contributed by atoms with Crippen LogP contribution in [0.2, 0.25) is 23.7 Å². The number of ether oxygens (including phenoxy) is 1. The highest BCUT2D eigenvalue weighted by atomic mass is 28.3. The summed E-state index contributed by atoms with van der Waals surface area (Å²) < 4.78 is 5.41. The smallest absolute Gasteiger partial charge is 0.0704 e. The first-order valence-corrected chi connectivity index (χ1v) is 13.1. The Bertz CT molecular complexity index is 592. The van der Waals surface area contributed by atoms with Gasteiger partial charge in [0.15, 0.2) is 0 Å². The molecule has 0 spiro atoms. The minimum absolute atomic E-state index is 0.333. The van der Waals surface area contributed by atoms with Crippen LogP contribution in [0.15, 0.2) is 35.4 Å². The summed E-state index contributed by atoms with van der Waals surface area (Å²) in [5.41, 5.74) is 3.27. The van der Waals surface area contributed by atoms with Gasteiger partial charge in [0.2, 0.25) is 0 Å². The molecular weight excluding hydrogens is 336 g/mol. The summed E-state index contributed by atoms with van der Waals surface area (Å²) >= 11 is 0. The molecule has 0 unspecified atom stereocenters. The third-order valence-electron chi connectivity index (χ3n) is 6.58. The average Bonchev–Trinajstić information content (AvgIpc) is 2.99. The van der Waals surface area contributed by atoms with Gasteiger partial charge >= 0.3 is 0 Å². The van der Waals surface area contributed by atoms with E-state index in [1.54, 1.807) is 7.11 Å². The van der Waals surface area contributed by atoms with E-state index in [0.717, 1.165) is 19.6 Å². The van der Waals surface area contributed by atoms with Crippen molar-refractivity contribution in [2.24, 2.45) is 5.10 Å². The summed E-state index contributed by atoms with van der Waals surface area (Å²) in [5, 5.41) is 7.79. The lowest BCUT2D eigenvalue weighted by Crippen LogP contribution is -2.46. The molecule has 1 fully saturated rings. The van der Waals surface area contributed by atoms with E-state index in [9.17, 15) is 0 Å². The summed E-state index contributed by atoms with van der Waals surface area (Å²) in [4.78, 5) is 0. The Labute approximate surface area is 161 Å². The fraction of sp³-hybridized carbons (Fsp3) is 0.682. The third-order valence-corrected chi connectivity index (χ3v) is 12.8. The van der Waals surface area contributed by atoms with E-state index in [-0.39, 0.29) is 0 Å². The lowest BCUT2D eigenvalue weighted by molar-refractivity contribution is 0.117. The minimum atomic E-state index is -1.58. The fourth-order valence-corrected chi connectivity index (χ4v) is 6.78. The number of hydrogen-bond acceptors (Lipinski definition) is 3. The maximum Gasteiger partial charge on any atom is 0.0704 e. The van der Waals surface area contributed by atoms with E-state index in [0.29, 0.717) is 16.6 Å². The SMILES string of the molecule is COC[C@@H]1CCCN1N=C(C)[C@H](Cc1ccccc1)[Si](C)(C)C(C)(C)C. The molecule has 1 aromatic carbocycles. The second-order valence-corrected chi connectivity index (χ2v) is 15.0. The molecule has 1 aromatic rings. The molecule has 2 atom stereocenters. The van der Waals surface area contributed by atoms with Crippen LogP contribution in [0.25, 0.3) is 0 Å². The highest BCUT2D eigenvalue weighted by Crippen LogP contribution is 2.45. The Morgan fingerprint density at radius 3 is 2.50 bits per heavy atom. The van der Waals surface area contributed by atoms with Crippen molar-refractivity contribution < 1.29 is 4.74 Å². The normalized spacial score (nSPS) is 20.5. The molecule has 0 radical (unpaired) electrons. The zero-order chi connectivity index (χ0) is 19.4. The zero-order valence-corrected chi connectivity index (χ0v) is 18.9. The van der Waals surface area contributed by atoms with E-state index < -0.39 is 8.07 Å². The van der Waals surface area contributed by atoms with Crippen LogP contribution in [0, 0.1) is 0 Å². The first kappa shape index (κ1) is 21.2. The van der Waals surface area contributed by atoms with Crippen LogP contribution in [-0.2, 0) is 11.2 Å². The van der Waals surface area contributed by atoms with Gasteiger partial charge < -0.3 is 4.74 Å². The summed E-state index contributed by atoms with van der Waals surface area (Å²) in [7, 11) is 0.211. The van der Waals surface area contributed by atoms with Gasteiger partial charge in [-0.1, -0.05) is 64.2 Å². The number of benzene rings is 1. The van der Waals surface area contributed by atoms with Gasteiger partial charge in [0.05, 0.1) is 20.7 Å². The highest BCUT2D eigenvalue weighted by Gasteiger charge is 2.43. The molecule has 0 N–H and O–H groups in total. The molecule has 1 heterocycles. The van der Waals surface area contributed by atoms with Gasteiger partial charge in [-0.3, -0.25) is 5.01 Å². The van der Waals surface area contributed by atoms with E-state index in [4.69, 9.17) is 9.84 Å². The lowest BCUT2D eigenvalue weighted by Gasteiger charge is -2.44. The Balaban J connectivity index is 2.31. The largest absolute Gasteiger partial charge is 0.382 e. The van der Waals surface area contributed by atoms with Gasteiger partial charge in [-0.25, -0.2) is 0 Å². The number of methoxy groups -OCH3 is 1. The zero-order valence-electron chi connectivity index (χ0n) is 17.9. The quantitative estimate of drug-likeness (QED) is 0.459. The molecule has 0 aromatic heterocycles. The maximum atomic E-state index is 5.41. The molecule has 26 heavy (non-hydrogen) atoms. The molecule has 0 amide bonds. The van der Waals surface area contributed by atoms with Crippen LogP contribution in [0.1, 0.15) is 46.1 Å². The summed E-state index contributed by atoms with van der Waals surface area (Å²) in [6.07, 6.45) is 3.50. The van der Waals surface area contributed by atoms with Crippen molar-refractivity contribution in [3.63, 3.8) is 0 Å². The monoisotopic (exact) mass is 374 g/mol. The summed E-state index contributed by atoms with van der Waals surface area (Å²) in [6.45, 7) is 16.4. The Kier molecular flexibility index (Phi) is 7.09. The van der Waals surface area contributed by atoms with Gasteiger partial charge in [-0.05, 0) is 42.3 Å². The van der Waals surface area contributed by atoms with Crippen molar-refractivity contribution in [1.29, 1.82) is 0 Å². The van der Waals surface area contributed by atoms with Gasteiger partial charge in [-0.15, -0.1) is 0 Å². The van der Waals surface area contributed by atoms with E-state index in [2.05, 4.69) is 76.1 Å². The Hall–Kier alpha value is -1.13. The van der Waals surface area contributed by atoms with Crippen molar-refractivity contribution in [3.8, 4) is 0 Å². The number of hydrazone groups is 1. The van der Waals surface area contributed by atoms with Crippen molar-refractivity contribution in [2.75, 3.05) is 20.3 Å². The van der Waals surface area contributed by atoms with Crippen molar-refractivity contribution in [3.05, 3.63) is 35.9 Å². The molecule has 1 aliphatic rings. The first-order valence-electron chi connectivity index (χ1n) is 10.0. The van der Waals surface area contributed by atoms with Gasteiger partial charge in [0.25, 0.3) is 0 Å². The highest BCUT2D eigenvalue weighted by molar-refractivity contribution is 6.84. The van der Waals surface area contributed by atoms with E-state index in [1.165, 1.54) is 24.1 Å². The van der Waals surface area contributed by atoms with E-state index >= 15 is 0 Å². The van der Waals surface area contributed by atoms with Gasteiger partial charge in [0, 0.05) is 19.4 Å². The molecule has 146 valence electrons. The van der Waals surface area contributed by atoms with Crippen LogP contribution in [0.3, 0.4) is 0 Å². The molecule has 2 rings (SSSR count). The van der Waals surface area contributed by atoms with Crippen LogP contribution >= 0.6 is 0 Å². The second kappa shape index (κ2) is 8.70. The second-order valence-electron chi connectivity index (χ2n) is 9.37. The van der Waals surface area contributed by atoms with Crippen LogP contribution < -0.4 is 0 Å². The maximum absolute atomic E-state index is 5.41. The summed E-state index contributed by atoms with van der Waals surface area (Å²) in [5.74, 6) is 0. The summed E-state index contributed by atoms with van der Waals surface area (Å²) in [6, 6.07) is 11.4. The van der Waals surface area contributed by atoms with Crippen LogP contribution in [0.5, 0.6) is 0 Å². The predicted molar refractivity (Wildman–Crippen MR) is 116 cm³/mol. The molecule has 0 bridgehead atoms. The van der Waals surface area contributed by atoms with Crippen LogP contribution in [-0.4, -0.2) is 45.1 Å². The van der Waals surface area contributed by atoms with Gasteiger partial charge in [-0.2, -0.15) is 5.10 Å². The molecule has 1 saturated heterocycles. The molecule has 0 aliphatic carbocycles. The first-order chi connectivity index (χ1) is 12.2. The fourth-order valence-electron chi connectivity index (χ4n) is 3.88. The number of rotatable bonds is 7. The van der Waals surface area contributed by atoms with Crippen molar-refractivity contribution in [1.82, 2.24) is 5.01 Å². The molecule has 4 heteroatoms. The molecule has 1 aliphatic heterocycles. The average molecular weight is 375 g/mol. The predicted octanol–water partition coefficient (Wildman–Crippen LogP) is 5.59. The standard InChI is InChI=1S/C22H38N2OSi/c1-18(23-24-15-11-14-20(24)17-25-5)21(26(6,7)22(2,3)4)16-19-12-9-8-10-13-19/h8-10,12-13,20-21H,11,14-17H2,1-7H3/t20-,21-/m0/s1. The van der Waals surface area contributed by atoms with Crippen molar-refractivity contribution in [2.45, 2.75) is 76.7 Å². The van der Waals surface area contributed by atoms with Gasteiger partial charge in [0.1, 0.15) is 0 Å². The Morgan fingerprint density at radius 1 is 1.27 bits per heavy atom. The lowest BCUT2D eigenvalue weighted by atomic mass is 10.1. The molecular formula is C22H38N2OSi. The van der Waals surface area contributed by atoms with Crippen molar-refractivity contribution >= 4 is 13.8 Å². The third kappa shape index (κ3) is 4.98. The van der Waals surface area contributed by atoms with E-state index in [1.807, 2.05) is 0 Å². The topological polar surface area (TPSA) is 24.8 Å². The molecule has 0 saturated carbocycles.